The summed E-state index contributed by atoms with van der Waals surface area (Å²) in [5, 5.41) is 0.440. The summed E-state index contributed by atoms with van der Waals surface area (Å²) in [4.78, 5) is 8.52. The number of aromatic nitrogens is 2. The molecule has 82 valence electrons. The molecule has 1 aliphatic heterocycles. The van der Waals surface area contributed by atoms with Crippen LogP contribution in [-0.4, -0.2) is 16.6 Å². The van der Waals surface area contributed by atoms with E-state index in [4.69, 9.17) is 16.3 Å². The summed E-state index contributed by atoms with van der Waals surface area (Å²) >= 11 is 9.21. The predicted molar refractivity (Wildman–Crippen MR) is 61.9 cm³/mol. The van der Waals surface area contributed by atoms with Crippen molar-refractivity contribution in [3.63, 3.8) is 0 Å². The number of hydrogen-bond donors (Lipinski definition) is 0. The topological polar surface area (TPSA) is 35.0 Å². The van der Waals surface area contributed by atoms with E-state index in [0.717, 1.165) is 25.9 Å². The summed E-state index contributed by atoms with van der Waals surface area (Å²) in [6, 6.07) is 0. The average Bonchev–Trinajstić information content (AvgIpc) is 2.23. The van der Waals surface area contributed by atoms with Crippen LogP contribution in [-0.2, 0) is 10.3 Å². The first kappa shape index (κ1) is 11.3. The third-order valence-corrected chi connectivity index (χ3v) is 3.74. The van der Waals surface area contributed by atoms with Gasteiger partial charge in [0.25, 0.3) is 0 Å². The van der Waals surface area contributed by atoms with E-state index in [1.165, 1.54) is 0 Å². The Hall–Kier alpha value is -0.190. The minimum atomic E-state index is -0.372. The fraction of sp³-hybridized carbons (Fsp3) is 0.600. The van der Waals surface area contributed by atoms with Crippen molar-refractivity contribution in [3.05, 3.63) is 21.6 Å². The highest BCUT2D eigenvalue weighted by atomic mass is 79.9. The van der Waals surface area contributed by atoms with Crippen molar-refractivity contribution in [2.24, 2.45) is 0 Å². The van der Waals surface area contributed by atoms with E-state index in [2.05, 4.69) is 25.9 Å². The van der Waals surface area contributed by atoms with Gasteiger partial charge in [0.2, 0.25) is 0 Å². The molecule has 1 saturated heterocycles. The summed E-state index contributed by atoms with van der Waals surface area (Å²) in [5.41, 5.74) is -0.372. The molecule has 1 unspecified atom stereocenters. The molecule has 1 atom stereocenters. The van der Waals surface area contributed by atoms with E-state index < -0.39 is 0 Å². The monoisotopic (exact) mass is 290 g/mol. The largest absolute Gasteiger partial charge is 0.367 e. The summed E-state index contributed by atoms with van der Waals surface area (Å²) in [5.74, 6) is 0.676. The first-order valence-electron chi connectivity index (χ1n) is 4.94. The maximum absolute atomic E-state index is 5.94. The molecule has 3 nitrogen and oxygen atoms in total. The molecule has 0 radical (unpaired) electrons. The lowest BCUT2D eigenvalue weighted by Gasteiger charge is -2.32. The van der Waals surface area contributed by atoms with Crippen molar-refractivity contribution in [2.75, 3.05) is 6.61 Å². The molecule has 5 heteroatoms. The minimum Gasteiger partial charge on any atom is -0.367 e. The van der Waals surface area contributed by atoms with Gasteiger partial charge in [0.05, 0.1) is 4.47 Å². The van der Waals surface area contributed by atoms with Crippen LogP contribution in [0.2, 0.25) is 5.15 Å². The maximum atomic E-state index is 5.94. The van der Waals surface area contributed by atoms with Crippen LogP contribution >= 0.6 is 27.5 Å². The third-order valence-electron chi connectivity index (χ3n) is 2.64. The van der Waals surface area contributed by atoms with E-state index >= 15 is 0 Å². The van der Waals surface area contributed by atoms with Crippen LogP contribution in [0.25, 0.3) is 0 Å². The Kier molecular flexibility index (Phi) is 3.28. The summed E-state index contributed by atoms with van der Waals surface area (Å²) in [6.07, 6.45) is 4.88. The summed E-state index contributed by atoms with van der Waals surface area (Å²) in [6.45, 7) is 2.79. The maximum Gasteiger partial charge on any atom is 0.161 e. The molecule has 0 saturated carbocycles. The molecule has 0 N–H and O–H groups in total. The van der Waals surface area contributed by atoms with E-state index in [1.54, 1.807) is 6.20 Å². The van der Waals surface area contributed by atoms with Gasteiger partial charge < -0.3 is 4.74 Å². The molecule has 0 aliphatic carbocycles. The van der Waals surface area contributed by atoms with Gasteiger partial charge in [0, 0.05) is 12.8 Å². The molecule has 15 heavy (non-hydrogen) atoms. The van der Waals surface area contributed by atoms with Gasteiger partial charge in [0.1, 0.15) is 10.8 Å². The molecular formula is C10H12BrClN2O. The fourth-order valence-electron chi connectivity index (χ4n) is 1.71. The molecule has 2 heterocycles. The molecule has 0 amide bonds. The SMILES string of the molecule is CC1(c2ncc(Br)c(Cl)n2)CCCCO1. The van der Waals surface area contributed by atoms with Crippen LogP contribution in [0.4, 0.5) is 0 Å². The molecule has 2 rings (SSSR count). The van der Waals surface area contributed by atoms with Crippen LogP contribution in [0, 0.1) is 0 Å². The van der Waals surface area contributed by atoms with Gasteiger partial charge in [-0.1, -0.05) is 11.6 Å². The molecular weight excluding hydrogens is 279 g/mol. The summed E-state index contributed by atoms with van der Waals surface area (Å²) in [7, 11) is 0. The Morgan fingerprint density at radius 1 is 1.53 bits per heavy atom. The Morgan fingerprint density at radius 2 is 2.33 bits per heavy atom. The number of halogens is 2. The number of rotatable bonds is 1. The predicted octanol–water partition coefficient (Wildman–Crippen LogP) is 3.31. The van der Waals surface area contributed by atoms with Gasteiger partial charge in [-0.2, -0.15) is 0 Å². The zero-order valence-electron chi connectivity index (χ0n) is 8.46. The second-order valence-electron chi connectivity index (χ2n) is 3.87. The number of nitrogens with zero attached hydrogens (tertiary/aromatic N) is 2. The zero-order chi connectivity index (χ0) is 10.9. The van der Waals surface area contributed by atoms with Crippen LogP contribution in [0.15, 0.2) is 10.7 Å². The third kappa shape index (κ3) is 2.32. The molecule has 0 bridgehead atoms. The first-order valence-corrected chi connectivity index (χ1v) is 6.11. The second-order valence-corrected chi connectivity index (χ2v) is 5.08. The van der Waals surface area contributed by atoms with E-state index in [9.17, 15) is 0 Å². The highest BCUT2D eigenvalue weighted by Crippen LogP contribution is 2.33. The van der Waals surface area contributed by atoms with Crippen molar-refractivity contribution in [1.82, 2.24) is 9.97 Å². The van der Waals surface area contributed by atoms with Gasteiger partial charge in [-0.25, -0.2) is 9.97 Å². The van der Waals surface area contributed by atoms with Crippen LogP contribution in [0.1, 0.15) is 32.0 Å². The van der Waals surface area contributed by atoms with Crippen LogP contribution < -0.4 is 0 Å². The lowest BCUT2D eigenvalue weighted by Crippen LogP contribution is -2.32. The van der Waals surface area contributed by atoms with E-state index in [0.29, 0.717) is 15.5 Å². The van der Waals surface area contributed by atoms with Crippen molar-refractivity contribution in [1.29, 1.82) is 0 Å². The quantitative estimate of drug-likeness (QED) is 0.745. The van der Waals surface area contributed by atoms with Crippen LogP contribution in [0.3, 0.4) is 0 Å². The molecule has 0 spiro atoms. The first-order chi connectivity index (χ1) is 7.12. The molecule has 1 aromatic rings. The lowest BCUT2D eigenvalue weighted by atomic mass is 9.95. The number of ether oxygens (including phenoxy) is 1. The van der Waals surface area contributed by atoms with Crippen LogP contribution in [0.5, 0.6) is 0 Å². The van der Waals surface area contributed by atoms with Gasteiger partial charge in [-0.15, -0.1) is 0 Å². The second kappa shape index (κ2) is 4.36. The molecule has 0 aromatic carbocycles. The van der Waals surface area contributed by atoms with Gasteiger partial charge in [-0.3, -0.25) is 0 Å². The smallest absolute Gasteiger partial charge is 0.161 e. The van der Waals surface area contributed by atoms with Gasteiger partial charge in [-0.05, 0) is 42.1 Å². The zero-order valence-corrected chi connectivity index (χ0v) is 10.8. The average molecular weight is 292 g/mol. The van der Waals surface area contributed by atoms with Crippen molar-refractivity contribution in [3.8, 4) is 0 Å². The van der Waals surface area contributed by atoms with Gasteiger partial charge >= 0.3 is 0 Å². The summed E-state index contributed by atoms with van der Waals surface area (Å²) < 4.78 is 6.46. The fourth-order valence-corrected chi connectivity index (χ4v) is 2.03. The minimum absolute atomic E-state index is 0.372. The Bertz CT molecular complexity index is 366. The van der Waals surface area contributed by atoms with Crippen molar-refractivity contribution in [2.45, 2.75) is 31.8 Å². The van der Waals surface area contributed by atoms with Crippen molar-refractivity contribution < 1.29 is 4.74 Å². The standard InChI is InChI=1S/C10H12BrClN2O/c1-10(4-2-3-5-15-10)9-13-6-7(11)8(12)14-9/h6H,2-5H2,1H3. The Labute approximate surface area is 102 Å². The normalized spacial score (nSPS) is 26.6. The molecule has 1 aromatic heterocycles. The number of hydrogen-bond acceptors (Lipinski definition) is 3. The molecule has 1 fully saturated rings. The highest BCUT2D eigenvalue weighted by Gasteiger charge is 2.33. The van der Waals surface area contributed by atoms with E-state index in [1.807, 2.05) is 6.92 Å². The lowest BCUT2D eigenvalue weighted by molar-refractivity contribution is -0.0760. The van der Waals surface area contributed by atoms with Crippen molar-refractivity contribution >= 4 is 27.5 Å². The van der Waals surface area contributed by atoms with E-state index in [-0.39, 0.29) is 5.60 Å². The highest BCUT2D eigenvalue weighted by molar-refractivity contribution is 9.10. The molecule has 1 aliphatic rings. The Morgan fingerprint density at radius 3 is 2.93 bits per heavy atom. The Balaban J connectivity index is 2.31. The van der Waals surface area contributed by atoms with Gasteiger partial charge in [0.15, 0.2) is 5.82 Å².